The molecule has 2 aromatic rings. The van der Waals surface area contributed by atoms with E-state index < -0.39 is 23.5 Å². The van der Waals surface area contributed by atoms with E-state index in [1.807, 2.05) is 0 Å². The molecule has 1 aromatic carbocycles. The number of hydrogen-bond acceptors (Lipinski definition) is 6. The number of phenols is 1. The number of phenolic OH excluding ortho intramolecular Hbond substituents is 1. The first kappa shape index (κ1) is 18.8. The number of carbonyl (C=O) groups excluding carboxylic acids is 2. The maximum atomic E-state index is 12.1. The largest absolute Gasteiger partial charge is 0.548 e. The molecule has 0 aliphatic heterocycles. The van der Waals surface area contributed by atoms with Crippen LogP contribution in [0, 0.1) is 6.92 Å². The Morgan fingerprint density at radius 3 is 2.68 bits per heavy atom. The number of carboxylic acid groups (broad SMARTS) is 1. The fraction of sp³-hybridized carbons (Fsp3) is 0.353. The lowest BCUT2D eigenvalue weighted by atomic mass is 10.0. The molecule has 1 heterocycles. The molecule has 0 aliphatic rings. The van der Waals surface area contributed by atoms with E-state index >= 15 is 0 Å². The quantitative estimate of drug-likeness (QED) is 0.737. The van der Waals surface area contributed by atoms with Gasteiger partial charge in [-0.3, -0.25) is 4.79 Å². The van der Waals surface area contributed by atoms with Crippen molar-refractivity contribution < 1.29 is 24.2 Å². The van der Waals surface area contributed by atoms with Gasteiger partial charge in [-0.25, -0.2) is 4.79 Å². The molecule has 7 nitrogen and oxygen atoms in total. The minimum absolute atomic E-state index is 0.0767. The number of aromatic hydroxyl groups is 1. The van der Waals surface area contributed by atoms with Gasteiger partial charge in [-0.1, -0.05) is 18.5 Å². The van der Waals surface area contributed by atoms with Crippen LogP contribution in [0.2, 0.25) is 5.02 Å². The Hall–Kier alpha value is -2.54. The lowest BCUT2D eigenvalue weighted by Gasteiger charge is -2.17. The average molecular weight is 367 g/mol. The molecule has 1 aromatic heterocycles. The van der Waals surface area contributed by atoms with Crippen LogP contribution in [-0.4, -0.2) is 23.0 Å². The zero-order valence-corrected chi connectivity index (χ0v) is 14.5. The van der Waals surface area contributed by atoms with Crippen LogP contribution in [-0.2, 0) is 16.0 Å². The van der Waals surface area contributed by atoms with Crippen molar-refractivity contribution in [1.29, 1.82) is 0 Å². The number of benzene rings is 1. The van der Waals surface area contributed by atoms with Crippen LogP contribution in [0.25, 0.3) is 11.0 Å². The van der Waals surface area contributed by atoms with Gasteiger partial charge in [0.2, 0.25) is 5.91 Å². The van der Waals surface area contributed by atoms with Crippen molar-refractivity contribution in [2.45, 2.75) is 39.2 Å². The summed E-state index contributed by atoms with van der Waals surface area (Å²) in [7, 11) is 0. The van der Waals surface area contributed by atoms with Gasteiger partial charge in [0.1, 0.15) is 11.3 Å². The van der Waals surface area contributed by atoms with Crippen LogP contribution in [0.5, 0.6) is 5.75 Å². The highest BCUT2D eigenvalue weighted by Gasteiger charge is 2.16. The summed E-state index contributed by atoms with van der Waals surface area (Å²) in [5, 5.41) is 23.4. The molecule has 1 atom stereocenters. The molecule has 25 heavy (non-hydrogen) atoms. The monoisotopic (exact) mass is 366 g/mol. The normalized spacial score (nSPS) is 12.1. The first-order chi connectivity index (χ1) is 11.7. The fourth-order valence-electron chi connectivity index (χ4n) is 2.52. The molecule has 1 amide bonds. The first-order valence-electron chi connectivity index (χ1n) is 7.69. The van der Waals surface area contributed by atoms with Crippen molar-refractivity contribution in [3.8, 4) is 5.75 Å². The Morgan fingerprint density at radius 1 is 1.40 bits per heavy atom. The fourth-order valence-corrected chi connectivity index (χ4v) is 2.68. The summed E-state index contributed by atoms with van der Waals surface area (Å²) in [6.45, 7) is 3.30. The lowest BCUT2D eigenvalue weighted by Crippen LogP contribution is -2.47. The Kier molecular flexibility index (Phi) is 5.69. The minimum atomic E-state index is -1.35. The number of aliphatic carboxylic acids is 1. The summed E-state index contributed by atoms with van der Waals surface area (Å²) >= 11 is 5.89. The zero-order valence-electron chi connectivity index (χ0n) is 13.7. The third kappa shape index (κ3) is 4.11. The molecular formula is C17H17ClNO6-. The Bertz CT molecular complexity index is 889. The molecule has 8 heteroatoms. The molecule has 0 saturated heterocycles. The molecule has 0 saturated carbocycles. The SMILES string of the molecule is CC[C@@H](NC(=O)CCc1c(C)c2cc(Cl)c(O)cc2oc1=O)C(=O)[O-]. The predicted octanol–water partition coefficient (Wildman–Crippen LogP) is 1.04. The zero-order chi connectivity index (χ0) is 18.7. The van der Waals surface area contributed by atoms with Gasteiger partial charge in [0, 0.05) is 23.4 Å². The maximum absolute atomic E-state index is 12.1. The van der Waals surface area contributed by atoms with E-state index in [-0.39, 0.29) is 35.6 Å². The second kappa shape index (κ2) is 7.57. The average Bonchev–Trinajstić information content (AvgIpc) is 2.54. The molecule has 0 spiro atoms. The van der Waals surface area contributed by atoms with Crippen LogP contribution in [0.15, 0.2) is 21.3 Å². The van der Waals surface area contributed by atoms with E-state index in [1.165, 1.54) is 12.1 Å². The minimum Gasteiger partial charge on any atom is -0.548 e. The smallest absolute Gasteiger partial charge is 0.339 e. The van der Waals surface area contributed by atoms with Gasteiger partial charge in [-0.2, -0.15) is 0 Å². The van der Waals surface area contributed by atoms with Gasteiger partial charge in [0.15, 0.2) is 0 Å². The van der Waals surface area contributed by atoms with Crippen molar-refractivity contribution in [2.24, 2.45) is 0 Å². The second-order valence-electron chi connectivity index (χ2n) is 5.64. The van der Waals surface area contributed by atoms with E-state index in [2.05, 4.69) is 5.32 Å². The summed E-state index contributed by atoms with van der Waals surface area (Å²) in [4.78, 5) is 34.8. The third-order valence-electron chi connectivity index (χ3n) is 3.98. The van der Waals surface area contributed by atoms with E-state index in [9.17, 15) is 24.6 Å². The number of halogens is 1. The first-order valence-corrected chi connectivity index (χ1v) is 8.07. The van der Waals surface area contributed by atoms with Crippen LogP contribution in [0.1, 0.15) is 30.9 Å². The van der Waals surface area contributed by atoms with Crippen molar-refractivity contribution >= 4 is 34.4 Å². The topological polar surface area (TPSA) is 120 Å². The highest BCUT2D eigenvalue weighted by atomic mass is 35.5. The van der Waals surface area contributed by atoms with E-state index in [0.717, 1.165) is 0 Å². The van der Waals surface area contributed by atoms with Gasteiger partial charge in [-0.15, -0.1) is 0 Å². The molecule has 134 valence electrons. The van der Waals surface area contributed by atoms with Gasteiger partial charge in [0.05, 0.1) is 17.0 Å². The Morgan fingerprint density at radius 2 is 2.08 bits per heavy atom. The molecule has 0 radical (unpaired) electrons. The second-order valence-corrected chi connectivity index (χ2v) is 6.05. The highest BCUT2D eigenvalue weighted by Crippen LogP contribution is 2.30. The van der Waals surface area contributed by atoms with Crippen molar-refractivity contribution in [3.05, 3.63) is 38.7 Å². The summed E-state index contributed by atoms with van der Waals surface area (Å²) in [6, 6.07) is 1.68. The van der Waals surface area contributed by atoms with Crippen LogP contribution < -0.4 is 16.0 Å². The highest BCUT2D eigenvalue weighted by molar-refractivity contribution is 6.32. The van der Waals surface area contributed by atoms with Gasteiger partial charge >= 0.3 is 5.63 Å². The van der Waals surface area contributed by atoms with Gasteiger partial charge in [-0.05, 0) is 31.4 Å². The maximum Gasteiger partial charge on any atom is 0.339 e. The molecule has 2 N–H and O–H groups in total. The third-order valence-corrected chi connectivity index (χ3v) is 4.29. The molecule has 0 aliphatic carbocycles. The van der Waals surface area contributed by atoms with Crippen LogP contribution in [0.4, 0.5) is 0 Å². The number of aryl methyl sites for hydroxylation is 1. The van der Waals surface area contributed by atoms with E-state index in [1.54, 1.807) is 13.8 Å². The number of rotatable bonds is 6. The van der Waals surface area contributed by atoms with Gasteiger partial charge < -0.3 is 24.7 Å². The lowest BCUT2D eigenvalue weighted by molar-refractivity contribution is -0.308. The number of hydrogen-bond donors (Lipinski definition) is 2. The van der Waals surface area contributed by atoms with E-state index in [4.69, 9.17) is 16.0 Å². The Labute approximate surface area is 148 Å². The standard InChI is InChI=1S/C17H18ClNO6/c1-3-12(16(22)23)19-15(21)5-4-9-8(2)10-6-11(18)13(20)7-14(10)25-17(9)24/h6-7,12,20H,3-5H2,1-2H3,(H,19,21)(H,22,23)/p-1/t12-/m1/s1. The molecular weight excluding hydrogens is 350 g/mol. The van der Waals surface area contributed by atoms with E-state index in [0.29, 0.717) is 16.5 Å². The molecule has 2 rings (SSSR count). The summed E-state index contributed by atoms with van der Waals surface area (Å²) in [5.74, 6) is -2.05. The summed E-state index contributed by atoms with van der Waals surface area (Å²) < 4.78 is 5.17. The number of amides is 1. The molecule has 0 fully saturated rings. The van der Waals surface area contributed by atoms with Crippen molar-refractivity contribution in [3.63, 3.8) is 0 Å². The summed E-state index contributed by atoms with van der Waals surface area (Å²) in [6.07, 6.45) is 0.206. The molecule has 0 unspecified atom stereocenters. The van der Waals surface area contributed by atoms with Gasteiger partial charge in [0.25, 0.3) is 0 Å². The predicted molar refractivity (Wildman–Crippen MR) is 89.4 cm³/mol. The Balaban J connectivity index is 2.24. The molecule has 0 bridgehead atoms. The number of carboxylic acids is 1. The van der Waals surface area contributed by atoms with Crippen molar-refractivity contribution in [2.75, 3.05) is 0 Å². The van der Waals surface area contributed by atoms with Crippen LogP contribution >= 0.6 is 11.6 Å². The number of nitrogens with one attached hydrogen (secondary N) is 1. The number of fused-ring (bicyclic) bond motifs is 1. The number of carbonyl (C=O) groups is 2. The van der Waals surface area contributed by atoms with Crippen LogP contribution in [0.3, 0.4) is 0 Å². The van der Waals surface area contributed by atoms with Crippen molar-refractivity contribution in [1.82, 2.24) is 5.32 Å². The summed E-state index contributed by atoms with van der Waals surface area (Å²) in [5.41, 5.74) is 0.464.